The first-order chi connectivity index (χ1) is 17.0. The summed E-state index contributed by atoms with van der Waals surface area (Å²) in [7, 11) is -3.95. The number of hydrogen-bond donors (Lipinski definition) is 2. The lowest BCUT2D eigenvalue weighted by atomic mass is 10.00. The molecule has 2 atom stereocenters. The number of nitrogens with one attached hydrogen (secondary N) is 2. The molecule has 0 bridgehead atoms. The average Bonchev–Trinajstić information content (AvgIpc) is 3.47. The van der Waals surface area contributed by atoms with Crippen LogP contribution in [-0.4, -0.2) is 60.2 Å². The minimum Gasteiger partial charge on any atom is -0.378 e. The Morgan fingerprint density at radius 3 is 2.58 bits per heavy atom. The zero-order chi connectivity index (χ0) is 26.1. The van der Waals surface area contributed by atoms with Crippen LogP contribution in [0.15, 0.2) is 53.7 Å². The fourth-order valence-electron chi connectivity index (χ4n) is 4.29. The second-order valence-corrected chi connectivity index (χ2v) is 10.2. The predicted octanol–water partition coefficient (Wildman–Crippen LogP) is 3.54. The normalized spacial score (nSPS) is 18.2. The highest BCUT2D eigenvalue weighted by atomic mass is 32.2. The van der Waals surface area contributed by atoms with Crippen LogP contribution >= 0.6 is 0 Å². The van der Waals surface area contributed by atoms with E-state index in [4.69, 9.17) is 0 Å². The van der Waals surface area contributed by atoms with Crippen molar-refractivity contribution in [2.45, 2.75) is 30.5 Å². The lowest BCUT2D eigenvalue weighted by Crippen LogP contribution is -2.43. The molecule has 3 heterocycles. The van der Waals surface area contributed by atoms with Crippen LogP contribution in [0.3, 0.4) is 0 Å². The standard InChI is InChI=1S/C23H23F3N6O3S/c1-2-15-12-31(22(33)29-14-23(24,25)26)13-19(15)30-20-16(10-27)11-28-21-18(20)8-9-32(21)36(34,35)17-6-4-3-5-7-17/h3-9,11,15,19H,2,12-14H2,1H3,(H,28,30)(H,29,33). The van der Waals surface area contributed by atoms with Crippen molar-refractivity contribution in [3.8, 4) is 6.07 Å². The van der Waals surface area contributed by atoms with Crippen LogP contribution in [-0.2, 0) is 10.0 Å². The summed E-state index contributed by atoms with van der Waals surface area (Å²) < 4.78 is 64.9. The van der Waals surface area contributed by atoms with E-state index in [1.54, 1.807) is 18.2 Å². The second-order valence-electron chi connectivity index (χ2n) is 8.42. The number of rotatable bonds is 6. The molecule has 9 nitrogen and oxygen atoms in total. The van der Waals surface area contributed by atoms with E-state index in [1.165, 1.54) is 35.5 Å². The SMILES string of the molecule is CCC1CN(C(=O)NCC(F)(F)F)CC1Nc1c(C#N)cnc2c1ccn2S(=O)(=O)c1ccccc1. The number of carbonyl (C=O) groups excluding carboxylic acids is 1. The largest absolute Gasteiger partial charge is 0.405 e. The molecule has 0 saturated carbocycles. The van der Waals surface area contributed by atoms with Gasteiger partial charge in [0.05, 0.1) is 16.1 Å². The molecule has 1 aliphatic rings. The van der Waals surface area contributed by atoms with Crippen molar-refractivity contribution in [3.63, 3.8) is 0 Å². The van der Waals surface area contributed by atoms with Crippen molar-refractivity contribution < 1.29 is 26.4 Å². The van der Waals surface area contributed by atoms with Gasteiger partial charge in [0, 0.05) is 36.9 Å². The minimum absolute atomic E-state index is 0.0746. The molecule has 0 aliphatic carbocycles. The first kappa shape index (κ1) is 25.3. The first-order valence-corrected chi connectivity index (χ1v) is 12.6. The zero-order valence-corrected chi connectivity index (χ0v) is 20.0. The van der Waals surface area contributed by atoms with Crippen LogP contribution in [0.5, 0.6) is 0 Å². The van der Waals surface area contributed by atoms with Gasteiger partial charge in [-0.05, 0) is 30.5 Å². The molecule has 1 fully saturated rings. The highest BCUT2D eigenvalue weighted by molar-refractivity contribution is 7.90. The quantitative estimate of drug-likeness (QED) is 0.513. The smallest absolute Gasteiger partial charge is 0.378 e. The van der Waals surface area contributed by atoms with Crippen molar-refractivity contribution in [1.82, 2.24) is 19.2 Å². The maximum Gasteiger partial charge on any atom is 0.405 e. The molecular formula is C23H23F3N6O3S. The monoisotopic (exact) mass is 520 g/mol. The second kappa shape index (κ2) is 9.69. The molecule has 2 aromatic heterocycles. The summed E-state index contributed by atoms with van der Waals surface area (Å²) in [4.78, 5) is 17.9. The summed E-state index contributed by atoms with van der Waals surface area (Å²) in [6.45, 7) is 0.814. The van der Waals surface area contributed by atoms with E-state index in [9.17, 15) is 31.6 Å². The maximum atomic E-state index is 13.2. The minimum atomic E-state index is -4.52. The maximum absolute atomic E-state index is 13.2. The lowest BCUT2D eigenvalue weighted by Gasteiger charge is -2.21. The number of amides is 2. The Labute approximate surface area is 205 Å². The summed E-state index contributed by atoms with van der Waals surface area (Å²) in [6, 6.07) is 10.2. The Bertz CT molecular complexity index is 1420. The number of urea groups is 1. The summed E-state index contributed by atoms with van der Waals surface area (Å²) in [6.07, 6.45) is -1.27. The van der Waals surface area contributed by atoms with Gasteiger partial charge in [0.25, 0.3) is 10.0 Å². The number of aromatic nitrogens is 2. The van der Waals surface area contributed by atoms with Crippen LogP contribution in [0, 0.1) is 17.2 Å². The van der Waals surface area contributed by atoms with E-state index in [2.05, 4.69) is 10.3 Å². The third-order valence-electron chi connectivity index (χ3n) is 6.12. The molecule has 4 rings (SSSR count). The number of benzene rings is 1. The van der Waals surface area contributed by atoms with Crippen molar-refractivity contribution in [1.29, 1.82) is 5.26 Å². The van der Waals surface area contributed by atoms with Gasteiger partial charge in [-0.1, -0.05) is 25.1 Å². The predicted molar refractivity (Wildman–Crippen MR) is 126 cm³/mol. The van der Waals surface area contributed by atoms with Crippen LogP contribution < -0.4 is 10.6 Å². The van der Waals surface area contributed by atoms with E-state index in [-0.39, 0.29) is 41.2 Å². The van der Waals surface area contributed by atoms with Gasteiger partial charge in [0.1, 0.15) is 12.6 Å². The van der Waals surface area contributed by atoms with Gasteiger partial charge in [0.15, 0.2) is 5.65 Å². The Balaban J connectivity index is 1.65. The first-order valence-electron chi connectivity index (χ1n) is 11.1. The number of anilines is 1. The number of hydrogen-bond acceptors (Lipinski definition) is 6. The van der Waals surface area contributed by atoms with E-state index < -0.39 is 28.8 Å². The summed E-state index contributed by atoms with van der Waals surface area (Å²) in [5.74, 6) is -0.105. The van der Waals surface area contributed by atoms with Crippen LogP contribution in [0.1, 0.15) is 18.9 Å². The van der Waals surface area contributed by atoms with Gasteiger partial charge in [-0.15, -0.1) is 0 Å². The average molecular weight is 521 g/mol. The Morgan fingerprint density at radius 2 is 1.94 bits per heavy atom. The van der Waals surface area contributed by atoms with Gasteiger partial charge in [-0.2, -0.15) is 18.4 Å². The van der Waals surface area contributed by atoms with Crippen LogP contribution in [0.2, 0.25) is 0 Å². The van der Waals surface area contributed by atoms with Gasteiger partial charge in [0.2, 0.25) is 0 Å². The number of nitriles is 1. The molecule has 0 radical (unpaired) electrons. The van der Waals surface area contributed by atoms with Crippen molar-refractivity contribution in [2.24, 2.45) is 5.92 Å². The fraction of sp³-hybridized carbons (Fsp3) is 0.348. The van der Waals surface area contributed by atoms with Gasteiger partial charge in [-0.25, -0.2) is 22.2 Å². The van der Waals surface area contributed by atoms with Gasteiger partial charge < -0.3 is 15.5 Å². The third kappa shape index (κ3) is 4.94. The number of fused-ring (bicyclic) bond motifs is 1. The number of carbonyl (C=O) groups is 1. The number of pyridine rings is 1. The highest BCUT2D eigenvalue weighted by Crippen LogP contribution is 2.32. The summed E-state index contributed by atoms with van der Waals surface area (Å²) >= 11 is 0. The molecule has 190 valence electrons. The fourth-order valence-corrected chi connectivity index (χ4v) is 5.61. The molecule has 36 heavy (non-hydrogen) atoms. The lowest BCUT2D eigenvalue weighted by molar-refractivity contribution is -0.123. The van der Waals surface area contributed by atoms with Crippen molar-refractivity contribution in [3.05, 3.63) is 54.4 Å². The van der Waals surface area contributed by atoms with Crippen molar-refractivity contribution >= 4 is 32.8 Å². The van der Waals surface area contributed by atoms with Crippen LogP contribution in [0.4, 0.5) is 23.7 Å². The summed E-state index contributed by atoms with van der Waals surface area (Å²) in [5.41, 5.74) is 0.642. The Kier molecular flexibility index (Phi) is 6.81. The van der Waals surface area contributed by atoms with E-state index in [0.717, 1.165) is 3.97 Å². The molecule has 1 aliphatic heterocycles. The summed E-state index contributed by atoms with van der Waals surface area (Å²) in [5, 5.41) is 15.2. The van der Waals surface area contributed by atoms with E-state index in [0.29, 0.717) is 17.5 Å². The Hall–Kier alpha value is -3.79. The van der Waals surface area contributed by atoms with Gasteiger partial charge >= 0.3 is 12.2 Å². The van der Waals surface area contributed by atoms with E-state index in [1.807, 2.05) is 18.3 Å². The highest BCUT2D eigenvalue weighted by Gasteiger charge is 2.36. The van der Waals surface area contributed by atoms with E-state index >= 15 is 0 Å². The molecule has 3 aromatic rings. The van der Waals surface area contributed by atoms with Crippen LogP contribution in [0.25, 0.3) is 11.0 Å². The molecule has 2 N–H and O–H groups in total. The Morgan fingerprint density at radius 1 is 1.22 bits per heavy atom. The molecular weight excluding hydrogens is 497 g/mol. The number of nitrogens with zero attached hydrogens (tertiary/aromatic N) is 4. The third-order valence-corrected chi connectivity index (χ3v) is 7.80. The number of halogens is 3. The molecule has 0 spiro atoms. The van der Waals surface area contributed by atoms with Crippen molar-refractivity contribution in [2.75, 3.05) is 25.0 Å². The topological polar surface area (TPSA) is 120 Å². The number of alkyl halides is 3. The van der Waals surface area contributed by atoms with Gasteiger partial charge in [-0.3, -0.25) is 0 Å². The number of likely N-dealkylation sites (tertiary alicyclic amines) is 1. The zero-order valence-electron chi connectivity index (χ0n) is 19.2. The molecule has 2 unspecified atom stereocenters. The molecule has 1 aromatic carbocycles. The molecule has 13 heteroatoms. The molecule has 2 amide bonds. The molecule has 1 saturated heterocycles.